The minimum absolute atomic E-state index is 0.00585. The van der Waals surface area contributed by atoms with Gasteiger partial charge in [0.2, 0.25) is 11.9 Å². The summed E-state index contributed by atoms with van der Waals surface area (Å²) in [6.45, 7) is 7.13. The lowest BCUT2D eigenvalue weighted by molar-refractivity contribution is -0.127. The largest absolute Gasteiger partial charge is 0.338 e. The number of pyridine rings is 1. The molecule has 0 saturated carbocycles. The first kappa shape index (κ1) is 21.5. The standard InChI is InChI=1S/C24H27N7O/c1-16-12-17(2)27-24(26-16)30-22-13-21(28-18(3)29-22)20-7-5-11-31(15-20)23(32)9-8-19-6-4-10-25-14-19/h4,6,8-10,12-14,20H,5,7,11,15H2,1-3H3,(H,26,27,28,29,30)/b9-8+/t20-/m0/s1. The number of nitrogens with one attached hydrogen (secondary N) is 1. The Balaban J connectivity index is 1.48. The Labute approximate surface area is 187 Å². The van der Waals surface area contributed by atoms with Gasteiger partial charge in [0.05, 0.1) is 5.69 Å². The summed E-state index contributed by atoms with van der Waals surface area (Å²) in [7, 11) is 0. The topological polar surface area (TPSA) is 96.8 Å². The normalized spacial score (nSPS) is 16.3. The van der Waals surface area contributed by atoms with Crippen molar-refractivity contribution in [3.8, 4) is 0 Å². The number of hydrogen-bond acceptors (Lipinski definition) is 7. The predicted molar refractivity (Wildman–Crippen MR) is 123 cm³/mol. The third-order valence-electron chi connectivity index (χ3n) is 5.33. The van der Waals surface area contributed by atoms with E-state index in [0.29, 0.717) is 24.1 Å². The van der Waals surface area contributed by atoms with E-state index in [1.54, 1.807) is 24.5 Å². The Morgan fingerprint density at radius 3 is 2.69 bits per heavy atom. The summed E-state index contributed by atoms with van der Waals surface area (Å²) in [6, 6.07) is 7.65. The first-order valence-corrected chi connectivity index (χ1v) is 10.8. The second-order valence-corrected chi connectivity index (χ2v) is 8.07. The highest BCUT2D eigenvalue weighted by atomic mass is 16.2. The lowest BCUT2D eigenvalue weighted by Gasteiger charge is -2.32. The molecule has 164 valence electrons. The van der Waals surface area contributed by atoms with E-state index in [1.165, 1.54) is 0 Å². The minimum Gasteiger partial charge on any atom is -0.338 e. The van der Waals surface area contributed by atoms with E-state index in [9.17, 15) is 4.79 Å². The van der Waals surface area contributed by atoms with Gasteiger partial charge in [-0.05, 0) is 57.4 Å². The molecule has 1 fully saturated rings. The number of aryl methyl sites for hydroxylation is 3. The van der Waals surface area contributed by atoms with Crippen LogP contribution in [0.5, 0.6) is 0 Å². The average Bonchev–Trinajstić information content (AvgIpc) is 2.77. The fraction of sp³-hybridized carbons (Fsp3) is 0.333. The molecular formula is C24H27N7O. The average molecular weight is 430 g/mol. The quantitative estimate of drug-likeness (QED) is 0.617. The van der Waals surface area contributed by atoms with Crippen LogP contribution in [0.15, 0.2) is 42.7 Å². The van der Waals surface area contributed by atoms with Crippen LogP contribution in [0.4, 0.5) is 11.8 Å². The van der Waals surface area contributed by atoms with Crippen LogP contribution in [0.1, 0.15) is 47.2 Å². The molecule has 0 aromatic carbocycles. The lowest BCUT2D eigenvalue weighted by atomic mass is 9.94. The van der Waals surface area contributed by atoms with Crippen LogP contribution in [0.3, 0.4) is 0 Å². The summed E-state index contributed by atoms with van der Waals surface area (Å²) >= 11 is 0. The van der Waals surface area contributed by atoms with Gasteiger partial charge >= 0.3 is 0 Å². The zero-order valence-corrected chi connectivity index (χ0v) is 18.6. The molecule has 0 aliphatic carbocycles. The first-order chi connectivity index (χ1) is 15.5. The summed E-state index contributed by atoms with van der Waals surface area (Å²) in [4.78, 5) is 36.7. The fourth-order valence-corrected chi connectivity index (χ4v) is 3.93. The van der Waals surface area contributed by atoms with Gasteiger partial charge in [-0.3, -0.25) is 9.78 Å². The zero-order valence-electron chi connectivity index (χ0n) is 18.6. The van der Waals surface area contributed by atoms with Gasteiger partial charge in [-0.2, -0.15) is 0 Å². The van der Waals surface area contributed by atoms with E-state index in [4.69, 9.17) is 0 Å². The lowest BCUT2D eigenvalue weighted by Crippen LogP contribution is -2.38. The van der Waals surface area contributed by atoms with Gasteiger partial charge in [0.25, 0.3) is 0 Å². The summed E-state index contributed by atoms with van der Waals surface area (Å²) < 4.78 is 0. The molecule has 3 aromatic heterocycles. The molecule has 1 amide bonds. The minimum atomic E-state index is 0.00585. The molecule has 0 bridgehead atoms. The van der Waals surface area contributed by atoms with E-state index in [0.717, 1.165) is 42.0 Å². The number of piperidine rings is 1. The highest BCUT2D eigenvalue weighted by molar-refractivity contribution is 5.91. The number of nitrogens with zero attached hydrogens (tertiary/aromatic N) is 6. The molecule has 4 heterocycles. The van der Waals surface area contributed by atoms with E-state index >= 15 is 0 Å². The second kappa shape index (κ2) is 9.64. The van der Waals surface area contributed by atoms with Crippen molar-refractivity contribution in [2.24, 2.45) is 0 Å². The first-order valence-electron chi connectivity index (χ1n) is 10.8. The molecule has 1 N–H and O–H groups in total. The molecule has 1 aliphatic heterocycles. The van der Waals surface area contributed by atoms with Crippen molar-refractivity contribution in [3.05, 3.63) is 71.2 Å². The van der Waals surface area contributed by atoms with Crippen molar-refractivity contribution in [1.82, 2.24) is 29.8 Å². The van der Waals surface area contributed by atoms with Crippen LogP contribution >= 0.6 is 0 Å². The van der Waals surface area contributed by atoms with Crippen LogP contribution in [0, 0.1) is 20.8 Å². The molecule has 8 nitrogen and oxygen atoms in total. The van der Waals surface area contributed by atoms with Crippen molar-refractivity contribution in [1.29, 1.82) is 0 Å². The van der Waals surface area contributed by atoms with Gasteiger partial charge in [0, 0.05) is 54.9 Å². The summed E-state index contributed by atoms with van der Waals surface area (Å²) in [5.41, 5.74) is 3.63. The van der Waals surface area contributed by atoms with Crippen LogP contribution in [0.2, 0.25) is 0 Å². The highest BCUT2D eigenvalue weighted by Gasteiger charge is 2.25. The number of carbonyl (C=O) groups excluding carboxylic acids is 1. The van der Waals surface area contributed by atoms with Gasteiger partial charge < -0.3 is 10.2 Å². The van der Waals surface area contributed by atoms with Crippen molar-refractivity contribution < 1.29 is 4.79 Å². The Kier molecular flexibility index (Phi) is 6.49. The van der Waals surface area contributed by atoms with Crippen LogP contribution in [0.25, 0.3) is 6.08 Å². The fourth-order valence-electron chi connectivity index (χ4n) is 3.93. The summed E-state index contributed by atoms with van der Waals surface area (Å²) in [5, 5.41) is 3.21. The monoisotopic (exact) mass is 429 g/mol. The highest BCUT2D eigenvalue weighted by Crippen LogP contribution is 2.27. The maximum Gasteiger partial charge on any atom is 0.246 e. The van der Waals surface area contributed by atoms with E-state index in [1.807, 2.05) is 49.9 Å². The Morgan fingerprint density at radius 1 is 1.12 bits per heavy atom. The Bertz CT molecular complexity index is 1110. The molecule has 32 heavy (non-hydrogen) atoms. The molecule has 0 spiro atoms. The molecule has 8 heteroatoms. The van der Waals surface area contributed by atoms with E-state index in [2.05, 4.69) is 30.2 Å². The maximum atomic E-state index is 12.7. The number of carbonyl (C=O) groups is 1. The molecule has 1 atom stereocenters. The second-order valence-electron chi connectivity index (χ2n) is 8.07. The molecule has 3 aromatic rings. The third-order valence-corrected chi connectivity index (χ3v) is 5.33. The maximum absolute atomic E-state index is 12.7. The summed E-state index contributed by atoms with van der Waals surface area (Å²) in [6.07, 6.45) is 8.79. The van der Waals surface area contributed by atoms with Crippen molar-refractivity contribution >= 4 is 23.7 Å². The third kappa shape index (κ3) is 5.51. The SMILES string of the molecule is Cc1cc(C)nc(Nc2cc([C@H]3CCCN(C(=O)/C=C/c4cccnc4)C3)nc(C)n2)n1. The molecule has 1 saturated heterocycles. The van der Waals surface area contributed by atoms with Crippen molar-refractivity contribution in [2.45, 2.75) is 39.5 Å². The van der Waals surface area contributed by atoms with Gasteiger partial charge in [0.15, 0.2) is 0 Å². The molecule has 4 rings (SSSR count). The number of aromatic nitrogens is 5. The number of amides is 1. The zero-order chi connectivity index (χ0) is 22.5. The van der Waals surface area contributed by atoms with Crippen molar-refractivity contribution in [2.75, 3.05) is 18.4 Å². The number of rotatable bonds is 5. The van der Waals surface area contributed by atoms with Crippen LogP contribution < -0.4 is 5.32 Å². The van der Waals surface area contributed by atoms with Gasteiger partial charge in [0.1, 0.15) is 11.6 Å². The van der Waals surface area contributed by atoms with Crippen LogP contribution in [-0.2, 0) is 4.79 Å². The predicted octanol–water partition coefficient (Wildman–Crippen LogP) is 3.75. The number of likely N-dealkylation sites (tertiary alicyclic amines) is 1. The molecular weight excluding hydrogens is 402 g/mol. The van der Waals surface area contributed by atoms with E-state index in [-0.39, 0.29) is 11.8 Å². The molecule has 1 aliphatic rings. The van der Waals surface area contributed by atoms with E-state index < -0.39 is 0 Å². The number of hydrogen-bond donors (Lipinski definition) is 1. The molecule has 0 radical (unpaired) electrons. The van der Waals surface area contributed by atoms with Gasteiger partial charge in [-0.15, -0.1) is 0 Å². The number of anilines is 2. The Hall–Kier alpha value is -3.68. The van der Waals surface area contributed by atoms with Gasteiger partial charge in [-0.25, -0.2) is 19.9 Å². The Morgan fingerprint density at radius 2 is 1.94 bits per heavy atom. The smallest absolute Gasteiger partial charge is 0.246 e. The van der Waals surface area contributed by atoms with Crippen molar-refractivity contribution in [3.63, 3.8) is 0 Å². The van der Waals surface area contributed by atoms with Gasteiger partial charge in [-0.1, -0.05) is 6.07 Å². The molecule has 0 unspecified atom stereocenters. The van der Waals surface area contributed by atoms with Crippen LogP contribution in [-0.4, -0.2) is 48.8 Å². The summed E-state index contributed by atoms with van der Waals surface area (Å²) in [5.74, 6) is 2.02.